The van der Waals surface area contributed by atoms with Crippen molar-refractivity contribution >= 4 is 5.69 Å². The lowest BCUT2D eigenvalue weighted by atomic mass is 10.0. The highest BCUT2D eigenvalue weighted by molar-refractivity contribution is 5.54. The third kappa shape index (κ3) is 3.62. The molecule has 1 unspecified atom stereocenters. The molecule has 1 aliphatic heterocycles. The number of anilines is 1. The Bertz CT molecular complexity index is 462. The SMILES string of the molecule is COc1ccc(CN2CC(CO)OC(C)(C)C2)cc1N. The second-order valence-electron chi connectivity index (χ2n) is 5.93. The minimum absolute atomic E-state index is 0.0463. The molecule has 1 aromatic carbocycles. The quantitative estimate of drug-likeness (QED) is 0.812. The molecule has 0 aromatic heterocycles. The van der Waals surface area contributed by atoms with Gasteiger partial charge in [-0.1, -0.05) is 6.07 Å². The van der Waals surface area contributed by atoms with Gasteiger partial charge in [-0.3, -0.25) is 4.90 Å². The van der Waals surface area contributed by atoms with E-state index in [4.69, 9.17) is 15.2 Å². The molecule has 112 valence electrons. The Morgan fingerprint density at radius 2 is 2.25 bits per heavy atom. The van der Waals surface area contributed by atoms with Crippen LogP contribution in [0.4, 0.5) is 5.69 Å². The summed E-state index contributed by atoms with van der Waals surface area (Å²) in [6.45, 7) is 6.48. The summed E-state index contributed by atoms with van der Waals surface area (Å²) in [7, 11) is 1.61. The van der Waals surface area contributed by atoms with E-state index < -0.39 is 0 Å². The smallest absolute Gasteiger partial charge is 0.141 e. The normalized spacial score (nSPS) is 22.7. The molecule has 2 rings (SSSR count). The first-order valence-corrected chi connectivity index (χ1v) is 6.87. The van der Waals surface area contributed by atoms with Gasteiger partial charge in [0, 0.05) is 19.6 Å². The van der Waals surface area contributed by atoms with E-state index in [1.54, 1.807) is 7.11 Å². The Balaban J connectivity index is 2.07. The fourth-order valence-electron chi connectivity index (χ4n) is 2.77. The Kier molecular flexibility index (Phi) is 4.52. The van der Waals surface area contributed by atoms with Gasteiger partial charge >= 0.3 is 0 Å². The lowest BCUT2D eigenvalue weighted by molar-refractivity contribution is -0.150. The van der Waals surface area contributed by atoms with E-state index in [1.165, 1.54) is 0 Å². The van der Waals surface area contributed by atoms with Gasteiger partial charge in [0.1, 0.15) is 5.75 Å². The number of nitrogen functional groups attached to an aromatic ring is 1. The fraction of sp³-hybridized carbons (Fsp3) is 0.600. The van der Waals surface area contributed by atoms with Gasteiger partial charge in [0.2, 0.25) is 0 Å². The molecule has 0 radical (unpaired) electrons. The highest BCUT2D eigenvalue weighted by Gasteiger charge is 2.32. The van der Waals surface area contributed by atoms with E-state index in [0.29, 0.717) is 11.4 Å². The molecule has 5 nitrogen and oxygen atoms in total. The number of rotatable bonds is 4. The molecular weight excluding hydrogens is 256 g/mol. The van der Waals surface area contributed by atoms with Crippen LogP contribution in [0.3, 0.4) is 0 Å². The zero-order chi connectivity index (χ0) is 14.8. The summed E-state index contributed by atoms with van der Waals surface area (Å²) < 4.78 is 11.0. The minimum Gasteiger partial charge on any atom is -0.495 e. The number of hydrogen-bond donors (Lipinski definition) is 2. The monoisotopic (exact) mass is 280 g/mol. The molecule has 0 spiro atoms. The van der Waals surface area contributed by atoms with Crippen LogP contribution in [0.2, 0.25) is 0 Å². The molecule has 1 heterocycles. The second-order valence-corrected chi connectivity index (χ2v) is 5.93. The third-order valence-electron chi connectivity index (χ3n) is 3.46. The van der Waals surface area contributed by atoms with E-state index in [2.05, 4.69) is 4.90 Å². The molecular formula is C15H24N2O3. The molecule has 1 fully saturated rings. The van der Waals surface area contributed by atoms with Crippen LogP contribution in [0.15, 0.2) is 18.2 Å². The number of morpholine rings is 1. The van der Waals surface area contributed by atoms with Gasteiger partial charge in [-0.2, -0.15) is 0 Å². The number of aliphatic hydroxyl groups excluding tert-OH is 1. The lowest BCUT2D eigenvalue weighted by Gasteiger charge is -2.42. The number of benzene rings is 1. The summed E-state index contributed by atoms with van der Waals surface area (Å²) in [6, 6.07) is 5.85. The van der Waals surface area contributed by atoms with Crippen LogP contribution in [0.25, 0.3) is 0 Å². The van der Waals surface area contributed by atoms with Crippen molar-refractivity contribution < 1.29 is 14.6 Å². The number of nitrogens with two attached hydrogens (primary N) is 1. The molecule has 0 saturated carbocycles. The number of hydrogen-bond acceptors (Lipinski definition) is 5. The Hall–Kier alpha value is -1.30. The van der Waals surface area contributed by atoms with E-state index in [-0.39, 0.29) is 18.3 Å². The van der Waals surface area contributed by atoms with Crippen molar-refractivity contribution in [1.82, 2.24) is 4.90 Å². The van der Waals surface area contributed by atoms with Crippen molar-refractivity contribution in [3.05, 3.63) is 23.8 Å². The highest BCUT2D eigenvalue weighted by atomic mass is 16.5. The first-order valence-electron chi connectivity index (χ1n) is 6.87. The highest BCUT2D eigenvalue weighted by Crippen LogP contribution is 2.25. The molecule has 1 saturated heterocycles. The van der Waals surface area contributed by atoms with E-state index in [0.717, 1.165) is 25.2 Å². The maximum absolute atomic E-state index is 9.33. The molecule has 1 aromatic rings. The van der Waals surface area contributed by atoms with E-state index >= 15 is 0 Å². The van der Waals surface area contributed by atoms with E-state index in [1.807, 2.05) is 32.0 Å². The van der Waals surface area contributed by atoms with Crippen LogP contribution in [0.1, 0.15) is 19.4 Å². The van der Waals surface area contributed by atoms with Crippen molar-refractivity contribution in [2.24, 2.45) is 0 Å². The average molecular weight is 280 g/mol. The van der Waals surface area contributed by atoms with Gasteiger partial charge in [-0.15, -0.1) is 0 Å². The summed E-state index contributed by atoms with van der Waals surface area (Å²) >= 11 is 0. The Morgan fingerprint density at radius 1 is 1.50 bits per heavy atom. The minimum atomic E-state index is -0.246. The summed E-state index contributed by atoms with van der Waals surface area (Å²) in [5, 5.41) is 9.33. The van der Waals surface area contributed by atoms with Crippen LogP contribution in [-0.2, 0) is 11.3 Å². The van der Waals surface area contributed by atoms with Gasteiger partial charge < -0.3 is 20.3 Å². The number of aliphatic hydroxyl groups is 1. The van der Waals surface area contributed by atoms with Gasteiger partial charge in [0.25, 0.3) is 0 Å². The zero-order valence-corrected chi connectivity index (χ0v) is 12.4. The standard InChI is InChI=1S/C15H24N2O3/c1-15(2)10-17(8-12(9-18)20-15)7-11-4-5-14(19-3)13(16)6-11/h4-6,12,18H,7-10,16H2,1-3H3. The summed E-state index contributed by atoms with van der Waals surface area (Å²) in [5.74, 6) is 0.698. The van der Waals surface area contributed by atoms with Gasteiger partial charge in [0.05, 0.1) is 31.1 Å². The van der Waals surface area contributed by atoms with Crippen LogP contribution in [0, 0.1) is 0 Å². The first-order chi connectivity index (χ1) is 9.43. The van der Waals surface area contributed by atoms with Crippen LogP contribution >= 0.6 is 0 Å². The second kappa shape index (κ2) is 5.99. The summed E-state index contributed by atoms with van der Waals surface area (Å²) in [5.41, 5.74) is 7.48. The van der Waals surface area contributed by atoms with Crippen molar-refractivity contribution in [2.75, 3.05) is 32.5 Å². The van der Waals surface area contributed by atoms with Crippen molar-refractivity contribution in [3.8, 4) is 5.75 Å². The topological polar surface area (TPSA) is 68.0 Å². The number of ether oxygens (including phenoxy) is 2. The van der Waals surface area contributed by atoms with E-state index in [9.17, 15) is 5.11 Å². The van der Waals surface area contributed by atoms with Gasteiger partial charge in [-0.05, 0) is 31.5 Å². The maximum atomic E-state index is 9.33. The summed E-state index contributed by atoms with van der Waals surface area (Å²) in [4.78, 5) is 2.28. The lowest BCUT2D eigenvalue weighted by Crippen LogP contribution is -2.53. The van der Waals surface area contributed by atoms with Crippen molar-refractivity contribution in [2.45, 2.75) is 32.1 Å². The average Bonchev–Trinajstić information content (AvgIpc) is 2.37. The molecule has 0 bridgehead atoms. The van der Waals surface area contributed by atoms with Crippen LogP contribution in [0.5, 0.6) is 5.75 Å². The Morgan fingerprint density at radius 3 is 2.85 bits per heavy atom. The molecule has 1 atom stereocenters. The number of methoxy groups -OCH3 is 1. The number of nitrogens with zero attached hydrogens (tertiary/aromatic N) is 1. The van der Waals surface area contributed by atoms with Crippen molar-refractivity contribution in [3.63, 3.8) is 0 Å². The molecule has 1 aliphatic rings. The van der Waals surface area contributed by atoms with Crippen LogP contribution < -0.4 is 10.5 Å². The molecule has 5 heteroatoms. The first kappa shape index (κ1) is 15.1. The molecule has 3 N–H and O–H groups in total. The molecule has 20 heavy (non-hydrogen) atoms. The summed E-state index contributed by atoms with van der Waals surface area (Å²) in [6.07, 6.45) is -0.130. The largest absolute Gasteiger partial charge is 0.495 e. The predicted molar refractivity (Wildman–Crippen MR) is 78.7 cm³/mol. The van der Waals surface area contributed by atoms with Gasteiger partial charge in [0.15, 0.2) is 0 Å². The zero-order valence-electron chi connectivity index (χ0n) is 12.4. The predicted octanol–water partition coefficient (Wildman–Crippen LogP) is 1.25. The molecule has 0 amide bonds. The Labute approximate surface area is 120 Å². The fourth-order valence-corrected chi connectivity index (χ4v) is 2.77. The third-order valence-corrected chi connectivity index (χ3v) is 3.46. The maximum Gasteiger partial charge on any atom is 0.141 e. The van der Waals surface area contributed by atoms with Crippen LogP contribution in [-0.4, -0.2) is 48.5 Å². The molecule has 0 aliphatic carbocycles. The van der Waals surface area contributed by atoms with Crippen molar-refractivity contribution in [1.29, 1.82) is 0 Å². The van der Waals surface area contributed by atoms with Gasteiger partial charge in [-0.25, -0.2) is 0 Å².